The number of aromatic nitrogens is 1. The van der Waals surface area contributed by atoms with Crippen LogP contribution in [0.1, 0.15) is 67.3 Å². The zero-order valence-corrected chi connectivity index (χ0v) is 22.1. The zero-order valence-electron chi connectivity index (χ0n) is 21.4. The van der Waals surface area contributed by atoms with Crippen molar-refractivity contribution in [3.05, 3.63) is 52.7 Å². The molecule has 4 rings (SSSR count). The molecule has 2 aliphatic rings. The molecule has 2 atom stereocenters. The number of rotatable bonds is 7. The second-order valence-electron chi connectivity index (χ2n) is 9.71. The predicted molar refractivity (Wildman–Crippen MR) is 141 cm³/mol. The number of methoxy groups -OCH3 is 1. The minimum Gasteiger partial charge on any atom is -0.481 e. The number of hydrogen-bond donors (Lipinski definition) is 1. The van der Waals surface area contributed by atoms with Gasteiger partial charge in [0.25, 0.3) is 5.91 Å². The van der Waals surface area contributed by atoms with Crippen LogP contribution in [0.2, 0.25) is 5.15 Å². The number of anilines is 1. The van der Waals surface area contributed by atoms with Gasteiger partial charge in [-0.25, -0.2) is 4.98 Å². The maximum atomic E-state index is 12.9. The van der Waals surface area contributed by atoms with Crippen LogP contribution in [0.5, 0.6) is 5.88 Å². The Kier molecular flexibility index (Phi) is 9.03. The molecule has 9 heteroatoms. The number of pyridine rings is 1. The van der Waals surface area contributed by atoms with Crippen LogP contribution in [0.4, 0.5) is 5.69 Å². The summed E-state index contributed by atoms with van der Waals surface area (Å²) in [5.74, 6) is -0.0230. The molecule has 1 aliphatic carbocycles. The van der Waals surface area contributed by atoms with E-state index < -0.39 is 0 Å². The molecule has 1 aromatic heterocycles. The number of likely N-dealkylation sites (tertiary alicyclic amines) is 1. The Morgan fingerprint density at radius 3 is 2.43 bits per heavy atom. The minimum atomic E-state index is -0.193. The summed E-state index contributed by atoms with van der Waals surface area (Å²) in [7, 11) is 1.49. The van der Waals surface area contributed by atoms with E-state index in [1.165, 1.54) is 12.7 Å². The summed E-state index contributed by atoms with van der Waals surface area (Å²) in [4.78, 5) is 43.7. The minimum absolute atomic E-state index is 0.0404. The van der Waals surface area contributed by atoms with Crippen molar-refractivity contribution in [3.63, 3.8) is 0 Å². The van der Waals surface area contributed by atoms with E-state index >= 15 is 0 Å². The van der Waals surface area contributed by atoms with Crippen molar-refractivity contribution in [3.8, 4) is 5.88 Å². The van der Waals surface area contributed by atoms with E-state index in [2.05, 4.69) is 10.3 Å². The number of ether oxygens (including phenoxy) is 2. The fourth-order valence-corrected chi connectivity index (χ4v) is 5.49. The third-order valence-corrected chi connectivity index (χ3v) is 7.52. The number of piperidine rings is 1. The average Bonchev–Trinajstić information content (AvgIpc) is 2.93. The summed E-state index contributed by atoms with van der Waals surface area (Å²) in [5, 5.41) is 3.25. The smallest absolute Gasteiger partial charge is 0.308 e. The van der Waals surface area contributed by atoms with E-state index in [0.717, 1.165) is 37.8 Å². The van der Waals surface area contributed by atoms with Gasteiger partial charge in [0.1, 0.15) is 5.15 Å². The number of carbonyl (C=O) groups is 3. The lowest BCUT2D eigenvalue weighted by molar-refractivity contribution is -0.150. The number of carbonyl (C=O) groups excluding carboxylic acids is 3. The summed E-state index contributed by atoms with van der Waals surface area (Å²) in [5.41, 5.74) is 2.42. The first kappa shape index (κ1) is 26.9. The summed E-state index contributed by atoms with van der Waals surface area (Å²) in [6.07, 6.45) is 4.67. The second kappa shape index (κ2) is 12.4. The highest BCUT2D eigenvalue weighted by molar-refractivity contribution is 6.29. The normalized spacial score (nSPS) is 20.2. The lowest BCUT2D eigenvalue weighted by Crippen LogP contribution is -2.38. The molecule has 2 amide bonds. The van der Waals surface area contributed by atoms with Gasteiger partial charge in [0.05, 0.1) is 19.6 Å². The van der Waals surface area contributed by atoms with E-state index in [4.69, 9.17) is 21.1 Å². The first-order valence-electron chi connectivity index (χ1n) is 13.0. The van der Waals surface area contributed by atoms with E-state index in [-0.39, 0.29) is 34.8 Å². The number of benzene rings is 1. The molecule has 2 heterocycles. The monoisotopic (exact) mass is 527 g/mol. The van der Waals surface area contributed by atoms with Crippen molar-refractivity contribution in [2.24, 2.45) is 11.8 Å². The molecular weight excluding hydrogens is 494 g/mol. The highest BCUT2D eigenvalue weighted by atomic mass is 35.5. The van der Waals surface area contributed by atoms with Gasteiger partial charge in [-0.2, -0.15) is 0 Å². The van der Waals surface area contributed by atoms with Crippen LogP contribution in [0.25, 0.3) is 0 Å². The standard InChI is InChI=1S/C28H34ClN3O5/c1-3-37-28(35)21-6-4-5-20(15-21)26(33)30-23-9-7-18(8-10-23)19-11-13-32(14-12-19)27(34)22-16-24(29)31-25(17-22)36-2/h7-10,16-17,19-21H,3-6,11-15H2,1-2H3,(H,30,33)/t20-,21+/m0/s1. The average molecular weight is 528 g/mol. The van der Waals surface area contributed by atoms with Gasteiger partial charge in [0.2, 0.25) is 11.8 Å². The summed E-state index contributed by atoms with van der Waals surface area (Å²) >= 11 is 6.03. The third-order valence-electron chi connectivity index (χ3n) is 7.32. The molecule has 0 spiro atoms. The van der Waals surface area contributed by atoms with Crippen LogP contribution < -0.4 is 10.1 Å². The van der Waals surface area contributed by atoms with E-state index in [1.54, 1.807) is 19.1 Å². The first-order chi connectivity index (χ1) is 17.9. The Bertz CT molecular complexity index is 1120. The molecule has 2 aromatic rings. The molecule has 0 radical (unpaired) electrons. The topological polar surface area (TPSA) is 97.8 Å². The Morgan fingerprint density at radius 1 is 1.05 bits per heavy atom. The van der Waals surface area contributed by atoms with Crippen LogP contribution >= 0.6 is 11.6 Å². The van der Waals surface area contributed by atoms with Crippen LogP contribution in [0, 0.1) is 11.8 Å². The van der Waals surface area contributed by atoms with Gasteiger partial charge in [-0.1, -0.05) is 30.2 Å². The fraction of sp³-hybridized carbons (Fsp3) is 0.500. The summed E-state index contributed by atoms with van der Waals surface area (Å²) in [6.45, 7) is 3.46. The second-order valence-corrected chi connectivity index (χ2v) is 10.1. The predicted octanol–water partition coefficient (Wildman–Crippen LogP) is 5.07. The van der Waals surface area contributed by atoms with Gasteiger partial charge in [0, 0.05) is 36.3 Å². The quantitative estimate of drug-likeness (QED) is 0.398. The maximum absolute atomic E-state index is 12.9. The first-order valence-corrected chi connectivity index (χ1v) is 13.3. The molecule has 0 unspecified atom stereocenters. The van der Waals surface area contributed by atoms with E-state index in [0.29, 0.717) is 43.5 Å². The highest BCUT2D eigenvalue weighted by Crippen LogP contribution is 2.32. The highest BCUT2D eigenvalue weighted by Gasteiger charge is 2.32. The molecule has 8 nitrogen and oxygen atoms in total. The SMILES string of the molecule is CCOC(=O)[C@@H]1CCC[C@H](C(=O)Nc2ccc(C3CCN(C(=O)c4cc(Cl)nc(OC)c4)CC3)cc2)C1. The number of esters is 1. The molecule has 1 saturated heterocycles. The Labute approximate surface area is 222 Å². The van der Waals surface area contributed by atoms with E-state index in [9.17, 15) is 14.4 Å². The number of hydrogen-bond acceptors (Lipinski definition) is 6. The molecule has 2 fully saturated rings. The number of halogens is 1. The lowest BCUT2D eigenvalue weighted by Gasteiger charge is -2.32. The molecule has 198 valence electrons. The van der Waals surface area contributed by atoms with Crippen molar-refractivity contribution in [1.29, 1.82) is 0 Å². The Balaban J connectivity index is 1.29. The summed E-state index contributed by atoms with van der Waals surface area (Å²) in [6, 6.07) is 11.1. The van der Waals surface area contributed by atoms with Gasteiger partial charge in [-0.05, 0) is 68.7 Å². The van der Waals surface area contributed by atoms with Gasteiger partial charge in [-0.3, -0.25) is 14.4 Å². The molecule has 37 heavy (non-hydrogen) atoms. The molecule has 0 bridgehead atoms. The molecule has 1 aromatic carbocycles. The van der Waals surface area contributed by atoms with Crippen LogP contribution in [0.15, 0.2) is 36.4 Å². The molecule has 1 aliphatic heterocycles. The van der Waals surface area contributed by atoms with Gasteiger partial charge >= 0.3 is 5.97 Å². The van der Waals surface area contributed by atoms with Gasteiger partial charge in [-0.15, -0.1) is 0 Å². The Morgan fingerprint density at radius 2 is 1.76 bits per heavy atom. The molecule has 1 saturated carbocycles. The van der Waals surface area contributed by atoms with Crippen LogP contribution in [-0.2, 0) is 14.3 Å². The van der Waals surface area contributed by atoms with Crippen LogP contribution in [-0.4, -0.2) is 54.5 Å². The van der Waals surface area contributed by atoms with E-state index in [1.807, 2.05) is 29.2 Å². The van der Waals surface area contributed by atoms with Crippen molar-refractivity contribution < 1.29 is 23.9 Å². The third kappa shape index (κ3) is 6.80. The van der Waals surface area contributed by atoms with Crippen molar-refractivity contribution in [2.75, 3.05) is 32.1 Å². The Hall–Kier alpha value is -3.13. The van der Waals surface area contributed by atoms with Crippen molar-refractivity contribution in [1.82, 2.24) is 9.88 Å². The fourth-order valence-electron chi connectivity index (χ4n) is 5.28. The van der Waals surface area contributed by atoms with Crippen molar-refractivity contribution in [2.45, 2.75) is 51.4 Å². The number of nitrogens with zero attached hydrogens (tertiary/aromatic N) is 2. The number of amides is 2. The van der Waals surface area contributed by atoms with Gasteiger partial charge in [0.15, 0.2) is 0 Å². The largest absolute Gasteiger partial charge is 0.481 e. The lowest BCUT2D eigenvalue weighted by atomic mass is 9.81. The zero-order chi connectivity index (χ0) is 26.4. The molecular formula is C28H34ClN3O5. The van der Waals surface area contributed by atoms with Gasteiger partial charge < -0.3 is 19.7 Å². The maximum Gasteiger partial charge on any atom is 0.308 e. The number of nitrogens with one attached hydrogen (secondary N) is 1. The van der Waals surface area contributed by atoms with Crippen molar-refractivity contribution >= 4 is 35.1 Å². The van der Waals surface area contributed by atoms with Crippen LogP contribution in [0.3, 0.4) is 0 Å². The summed E-state index contributed by atoms with van der Waals surface area (Å²) < 4.78 is 10.3. The molecule has 1 N–H and O–H groups in total.